The van der Waals surface area contributed by atoms with Crippen LogP contribution in [0.3, 0.4) is 0 Å². The quantitative estimate of drug-likeness (QED) is 0.590. The first-order chi connectivity index (χ1) is 5.52. The van der Waals surface area contributed by atoms with Gasteiger partial charge in [-0.3, -0.25) is 0 Å². The Morgan fingerprint density at radius 1 is 1.42 bits per heavy atom. The van der Waals surface area contributed by atoms with Crippen molar-refractivity contribution in [1.82, 2.24) is 0 Å². The van der Waals surface area contributed by atoms with E-state index in [2.05, 4.69) is 0 Å². The topological polar surface area (TPSA) is 37.3 Å². The number of hydrogen-bond donors (Lipinski definition) is 1. The maximum atomic E-state index is 12.7. The minimum absolute atomic E-state index is 0.0139. The molecule has 1 aromatic carbocycles. The van der Waals surface area contributed by atoms with Crippen molar-refractivity contribution in [3.63, 3.8) is 0 Å². The summed E-state index contributed by atoms with van der Waals surface area (Å²) in [6.45, 7) is 0. The molecule has 0 unspecified atom stereocenters. The number of benzene rings is 1. The van der Waals surface area contributed by atoms with Crippen LogP contribution in [-0.4, -0.2) is 11.1 Å². The van der Waals surface area contributed by atoms with Gasteiger partial charge in [0.05, 0.1) is 5.56 Å². The summed E-state index contributed by atoms with van der Waals surface area (Å²) in [6, 6.07) is 2.32. The predicted molar refractivity (Wildman–Crippen MR) is 58.8 cm³/mol. The van der Waals surface area contributed by atoms with Crippen LogP contribution in [0.4, 0.5) is 4.39 Å². The molecule has 2 nitrogen and oxygen atoms in total. The van der Waals surface area contributed by atoms with Crippen molar-refractivity contribution in [2.45, 2.75) is 0 Å². The molecule has 12 heavy (non-hydrogen) atoms. The third kappa shape index (κ3) is 2.06. The Morgan fingerprint density at radius 2 is 2.00 bits per heavy atom. The summed E-state index contributed by atoms with van der Waals surface area (Å²) >= 11 is 3.78. The van der Waals surface area contributed by atoms with Crippen LogP contribution in [0.15, 0.2) is 12.1 Å². The van der Waals surface area contributed by atoms with Gasteiger partial charge in [0.1, 0.15) is 5.82 Å². The first-order valence-corrected chi connectivity index (χ1v) is 5.06. The third-order valence-electron chi connectivity index (χ3n) is 1.22. The second kappa shape index (κ2) is 3.86. The van der Waals surface area contributed by atoms with Gasteiger partial charge in [0.2, 0.25) is 0 Å². The van der Waals surface area contributed by atoms with Crippen LogP contribution < -0.4 is 0 Å². The van der Waals surface area contributed by atoms with E-state index >= 15 is 0 Å². The van der Waals surface area contributed by atoms with E-state index in [4.69, 9.17) is 5.11 Å². The molecule has 0 aliphatic rings. The first-order valence-electron chi connectivity index (χ1n) is 2.90. The molecule has 0 aliphatic heterocycles. The Balaban J connectivity index is 3.37. The smallest absolute Gasteiger partial charge is 0.336 e. The molecular formula is C7H3FI2O2. The van der Waals surface area contributed by atoms with E-state index in [-0.39, 0.29) is 5.56 Å². The number of carboxylic acid groups (broad SMARTS) is 1. The lowest BCUT2D eigenvalue weighted by molar-refractivity contribution is 0.0695. The molecule has 0 saturated carbocycles. The maximum Gasteiger partial charge on any atom is 0.336 e. The molecule has 1 N–H and O–H groups in total. The minimum atomic E-state index is -1.10. The van der Waals surface area contributed by atoms with Gasteiger partial charge in [-0.1, -0.05) is 0 Å². The molecular weight excluding hydrogens is 389 g/mol. The highest BCUT2D eigenvalue weighted by atomic mass is 127. The van der Waals surface area contributed by atoms with Crippen LogP contribution in [0.1, 0.15) is 10.4 Å². The van der Waals surface area contributed by atoms with Gasteiger partial charge in [0.25, 0.3) is 0 Å². The Bertz CT molecular complexity index is 338. The van der Waals surface area contributed by atoms with E-state index in [0.29, 0.717) is 7.14 Å². The fourth-order valence-corrected chi connectivity index (χ4v) is 1.84. The van der Waals surface area contributed by atoms with Gasteiger partial charge in [-0.05, 0) is 57.3 Å². The second-order valence-electron chi connectivity index (χ2n) is 2.05. The second-order valence-corrected chi connectivity index (χ2v) is 4.30. The largest absolute Gasteiger partial charge is 0.478 e. The van der Waals surface area contributed by atoms with Gasteiger partial charge in [0.15, 0.2) is 0 Å². The lowest BCUT2D eigenvalue weighted by Crippen LogP contribution is -2.02. The highest BCUT2D eigenvalue weighted by Gasteiger charge is 2.12. The van der Waals surface area contributed by atoms with Crippen molar-refractivity contribution >= 4 is 51.2 Å². The van der Waals surface area contributed by atoms with Crippen molar-refractivity contribution in [1.29, 1.82) is 0 Å². The molecule has 0 heterocycles. The zero-order valence-corrected chi connectivity index (χ0v) is 9.96. The minimum Gasteiger partial charge on any atom is -0.478 e. The Morgan fingerprint density at radius 3 is 2.50 bits per heavy atom. The van der Waals surface area contributed by atoms with Crippen molar-refractivity contribution in [2.75, 3.05) is 0 Å². The van der Waals surface area contributed by atoms with Crippen LogP contribution >= 0.6 is 45.2 Å². The van der Waals surface area contributed by atoms with Crippen LogP contribution in [0.5, 0.6) is 0 Å². The number of carboxylic acids is 1. The van der Waals surface area contributed by atoms with E-state index in [0.717, 1.165) is 6.07 Å². The molecule has 0 bridgehead atoms. The van der Waals surface area contributed by atoms with E-state index in [9.17, 15) is 9.18 Å². The molecule has 0 fully saturated rings. The molecule has 0 spiro atoms. The lowest BCUT2D eigenvalue weighted by atomic mass is 10.2. The molecule has 0 aromatic heterocycles. The molecule has 64 valence electrons. The molecule has 0 aliphatic carbocycles. The molecule has 0 atom stereocenters. The van der Waals surface area contributed by atoms with Gasteiger partial charge in [-0.25, -0.2) is 9.18 Å². The number of carbonyl (C=O) groups is 1. The van der Waals surface area contributed by atoms with E-state index < -0.39 is 11.8 Å². The summed E-state index contributed by atoms with van der Waals surface area (Å²) < 4.78 is 13.9. The highest BCUT2D eigenvalue weighted by Crippen LogP contribution is 2.20. The van der Waals surface area contributed by atoms with Crippen LogP contribution in [0, 0.1) is 13.0 Å². The van der Waals surface area contributed by atoms with E-state index in [1.807, 2.05) is 45.2 Å². The van der Waals surface area contributed by atoms with E-state index in [1.165, 1.54) is 6.07 Å². The first kappa shape index (κ1) is 10.2. The van der Waals surface area contributed by atoms with Crippen molar-refractivity contribution < 1.29 is 14.3 Å². The molecule has 5 heteroatoms. The summed E-state index contributed by atoms with van der Waals surface area (Å²) in [4.78, 5) is 10.6. The van der Waals surface area contributed by atoms with Crippen molar-refractivity contribution in [2.24, 2.45) is 0 Å². The van der Waals surface area contributed by atoms with Crippen LogP contribution in [0.25, 0.3) is 0 Å². The van der Waals surface area contributed by atoms with E-state index in [1.54, 1.807) is 0 Å². The Labute approximate surface area is 95.4 Å². The van der Waals surface area contributed by atoms with Gasteiger partial charge in [-0.15, -0.1) is 0 Å². The SMILES string of the molecule is O=C(O)c1cc(F)cc(I)c1I. The van der Waals surface area contributed by atoms with Gasteiger partial charge in [-0.2, -0.15) is 0 Å². The predicted octanol–water partition coefficient (Wildman–Crippen LogP) is 2.73. The summed E-state index contributed by atoms with van der Waals surface area (Å²) in [7, 11) is 0. The number of aromatic carboxylic acids is 1. The lowest BCUT2D eigenvalue weighted by Gasteiger charge is -2.01. The maximum absolute atomic E-state index is 12.7. The summed E-state index contributed by atoms with van der Waals surface area (Å²) in [5.74, 6) is -1.62. The molecule has 1 aromatic rings. The van der Waals surface area contributed by atoms with Gasteiger partial charge in [0, 0.05) is 7.14 Å². The standard InChI is InChI=1S/C7H3FI2O2/c8-3-1-4(7(11)12)6(10)5(9)2-3/h1-2H,(H,11,12). The molecule has 0 radical (unpaired) electrons. The van der Waals surface area contributed by atoms with Crippen LogP contribution in [-0.2, 0) is 0 Å². The molecule has 0 saturated heterocycles. The Hall–Kier alpha value is 0.0800. The molecule has 1 rings (SSSR count). The third-order valence-corrected chi connectivity index (χ3v) is 4.27. The van der Waals surface area contributed by atoms with Gasteiger partial charge >= 0.3 is 5.97 Å². The van der Waals surface area contributed by atoms with Crippen LogP contribution in [0.2, 0.25) is 0 Å². The average Bonchev–Trinajstić information content (AvgIpc) is 1.96. The van der Waals surface area contributed by atoms with Gasteiger partial charge < -0.3 is 5.11 Å². The monoisotopic (exact) mass is 392 g/mol. The number of rotatable bonds is 1. The summed E-state index contributed by atoms with van der Waals surface area (Å²) in [6.07, 6.45) is 0. The number of hydrogen-bond acceptors (Lipinski definition) is 1. The highest BCUT2D eigenvalue weighted by molar-refractivity contribution is 14.1. The normalized spacial score (nSPS) is 9.92. The Kier molecular flexibility index (Phi) is 3.27. The fourth-order valence-electron chi connectivity index (χ4n) is 0.712. The zero-order chi connectivity index (χ0) is 9.30. The van der Waals surface area contributed by atoms with Crippen molar-refractivity contribution in [3.05, 3.63) is 30.7 Å². The summed E-state index contributed by atoms with van der Waals surface area (Å²) in [5.41, 5.74) is 0.0139. The van der Waals surface area contributed by atoms with Crippen molar-refractivity contribution in [3.8, 4) is 0 Å². The summed E-state index contributed by atoms with van der Waals surface area (Å²) in [5, 5.41) is 8.64. The molecule has 0 amide bonds. The number of halogens is 3. The average molecular weight is 392 g/mol. The zero-order valence-electron chi connectivity index (χ0n) is 5.64. The fraction of sp³-hybridized carbons (Fsp3) is 0.